The third-order valence-corrected chi connectivity index (χ3v) is 3.18. The summed E-state index contributed by atoms with van der Waals surface area (Å²) in [6, 6.07) is 6.25. The summed E-state index contributed by atoms with van der Waals surface area (Å²) < 4.78 is 24.0. The number of methoxy groups -OCH3 is 1. The summed E-state index contributed by atoms with van der Waals surface area (Å²) in [7, 11) is 1.32. The van der Waals surface area contributed by atoms with Gasteiger partial charge in [0.25, 0.3) is 0 Å². The predicted molar refractivity (Wildman–Crippen MR) is 69.7 cm³/mol. The second-order valence-electron chi connectivity index (χ2n) is 4.50. The molecule has 0 radical (unpaired) electrons. The van der Waals surface area contributed by atoms with Crippen LogP contribution in [0.1, 0.15) is 12.0 Å². The van der Waals surface area contributed by atoms with Crippen molar-refractivity contribution in [3.05, 3.63) is 29.6 Å². The molecule has 1 atom stereocenters. The number of nitrogens with zero attached hydrogens (tertiary/aromatic N) is 2. The number of hydrogen-bond donors (Lipinski definition) is 0. The quantitative estimate of drug-likeness (QED) is 0.783. The van der Waals surface area contributed by atoms with Crippen molar-refractivity contribution in [1.82, 2.24) is 0 Å². The average molecular weight is 278 g/mol. The van der Waals surface area contributed by atoms with Crippen molar-refractivity contribution in [2.45, 2.75) is 12.5 Å². The summed E-state index contributed by atoms with van der Waals surface area (Å²) in [5.74, 6) is -0.792. The zero-order chi connectivity index (χ0) is 14.5. The highest BCUT2D eigenvalue weighted by Gasteiger charge is 2.25. The molecule has 1 aliphatic rings. The van der Waals surface area contributed by atoms with Gasteiger partial charge in [-0.05, 0) is 18.2 Å². The fraction of sp³-hybridized carbons (Fsp3) is 0.429. The molecule has 1 aliphatic heterocycles. The lowest BCUT2D eigenvalue weighted by Crippen LogP contribution is -2.43. The van der Waals surface area contributed by atoms with E-state index in [1.165, 1.54) is 13.2 Å². The first-order valence-corrected chi connectivity index (χ1v) is 6.27. The molecule has 5 nitrogen and oxygen atoms in total. The summed E-state index contributed by atoms with van der Waals surface area (Å²) in [5, 5.41) is 8.73. The van der Waals surface area contributed by atoms with Crippen LogP contribution in [0.2, 0.25) is 0 Å². The first-order chi connectivity index (χ1) is 9.63. The standard InChI is InChI=1S/C14H15FN2O3/c1-19-14(18)7-11-9-17(4-5-20-11)13-3-2-10(8-16)6-12(13)15/h2-3,6,11H,4-5,7,9H2,1H3/t11-/m1/s1. The Morgan fingerprint density at radius 1 is 1.65 bits per heavy atom. The van der Waals surface area contributed by atoms with E-state index in [1.54, 1.807) is 12.1 Å². The van der Waals surface area contributed by atoms with Crippen LogP contribution in [0.15, 0.2) is 18.2 Å². The topological polar surface area (TPSA) is 62.6 Å². The Morgan fingerprint density at radius 3 is 3.10 bits per heavy atom. The number of carbonyl (C=O) groups excluding carboxylic acids is 1. The van der Waals surface area contributed by atoms with Crippen molar-refractivity contribution < 1.29 is 18.7 Å². The second kappa shape index (κ2) is 6.35. The van der Waals surface area contributed by atoms with Crippen LogP contribution >= 0.6 is 0 Å². The molecule has 0 aliphatic carbocycles. The van der Waals surface area contributed by atoms with Crippen LogP contribution in [0.4, 0.5) is 10.1 Å². The van der Waals surface area contributed by atoms with Crippen molar-refractivity contribution in [1.29, 1.82) is 5.26 Å². The predicted octanol–water partition coefficient (Wildman–Crippen LogP) is 1.47. The third kappa shape index (κ3) is 3.25. The highest BCUT2D eigenvalue weighted by Crippen LogP contribution is 2.23. The molecule has 6 heteroatoms. The highest BCUT2D eigenvalue weighted by molar-refractivity contribution is 5.70. The normalized spacial score (nSPS) is 18.4. The molecule has 20 heavy (non-hydrogen) atoms. The molecular weight excluding hydrogens is 263 g/mol. The van der Waals surface area contributed by atoms with Gasteiger partial charge in [0.1, 0.15) is 5.82 Å². The van der Waals surface area contributed by atoms with Gasteiger partial charge in [-0.2, -0.15) is 5.26 Å². The van der Waals surface area contributed by atoms with Gasteiger partial charge in [-0.1, -0.05) is 0 Å². The Morgan fingerprint density at radius 2 is 2.45 bits per heavy atom. The van der Waals surface area contributed by atoms with Crippen molar-refractivity contribution in [2.24, 2.45) is 0 Å². The van der Waals surface area contributed by atoms with Gasteiger partial charge in [0.2, 0.25) is 0 Å². The van der Waals surface area contributed by atoms with E-state index in [-0.39, 0.29) is 24.1 Å². The lowest BCUT2D eigenvalue weighted by molar-refractivity contribution is -0.144. The zero-order valence-electron chi connectivity index (χ0n) is 11.1. The summed E-state index contributed by atoms with van der Waals surface area (Å²) >= 11 is 0. The van der Waals surface area contributed by atoms with E-state index in [2.05, 4.69) is 4.74 Å². The molecule has 2 rings (SSSR count). The van der Waals surface area contributed by atoms with Gasteiger partial charge in [-0.3, -0.25) is 4.79 Å². The monoisotopic (exact) mass is 278 g/mol. The summed E-state index contributed by atoms with van der Waals surface area (Å²) in [4.78, 5) is 13.1. The minimum absolute atomic E-state index is 0.144. The maximum atomic E-state index is 14.0. The number of anilines is 1. The Labute approximate surface area is 116 Å². The molecule has 1 saturated heterocycles. The molecule has 0 N–H and O–H groups in total. The Balaban J connectivity index is 2.09. The molecule has 0 spiro atoms. The number of esters is 1. The Kier molecular flexibility index (Phi) is 4.53. The number of ether oxygens (including phenoxy) is 2. The number of carbonyl (C=O) groups is 1. The molecule has 0 saturated carbocycles. The van der Waals surface area contributed by atoms with Gasteiger partial charge in [0.05, 0.1) is 43.6 Å². The lowest BCUT2D eigenvalue weighted by Gasteiger charge is -2.34. The van der Waals surface area contributed by atoms with E-state index in [1.807, 2.05) is 11.0 Å². The van der Waals surface area contributed by atoms with E-state index in [9.17, 15) is 9.18 Å². The van der Waals surface area contributed by atoms with Crippen LogP contribution in [-0.4, -0.2) is 38.9 Å². The first-order valence-electron chi connectivity index (χ1n) is 6.27. The SMILES string of the molecule is COC(=O)C[C@@H]1CN(c2ccc(C#N)cc2F)CCO1. The van der Waals surface area contributed by atoms with Crippen LogP contribution in [0.3, 0.4) is 0 Å². The summed E-state index contributed by atoms with van der Waals surface area (Å²) in [6.45, 7) is 1.37. The maximum absolute atomic E-state index is 14.0. The molecule has 1 fully saturated rings. The van der Waals surface area contributed by atoms with Crippen molar-refractivity contribution in [3.8, 4) is 6.07 Å². The number of nitriles is 1. The van der Waals surface area contributed by atoms with E-state index in [0.29, 0.717) is 25.4 Å². The highest BCUT2D eigenvalue weighted by atomic mass is 19.1. The number of morpholine rings is 1. The maximum Gasteiger partial charge on any atom is 0.308 e. The number of rotatable bonds is 3. The van der Waals surface area contributed by atoms with E-state index in [4.69, 9.17) is 10.00 Å². The Hall–Kier alpha value is -2.13. The fourth-order valence-electron chi connectivity index (χ4n) is 2.16. The van der Waals surface area contributed by atoms with Crippen molar-refractivity contribution >= 4 is 11.7 Å². The minimum atomic E-state index is -0.442. The first kappa shape index (κ1) is 14.3. The molecule has 0 amide bonds. The molecule has 0 bridgehead atoms. The van der Waals surface area contributed by atoms with Crippen molar-refractivity contribution in [2.75, 3.05) is 31.7 Å². The average Bonchev–Trinajstić information content (AvgIpc) is 2.47. The van der Waals surface area contributed by atoms with Gasteiger partial charge in [0.15, 0.2) is 0 Å². The van der Waals surface area contributed by atoms with Gasteiger partial charge in [-0.15, -0.1) is 0 Å². The van der Waals surface area contributed by atoms with Crippen LogP contribution in [0, 0.1) is 17.1 Å². The molecule has 0 aromatic heterocycles. The fourth-order valence-corrected chi connectivity index (χ4v) is 2.16. The molecule has 1 aromatic rings. The largest absolute Gasteiger partial charge is 0.469 e. The van der Waals surface area contributed by atoms with Crippen LogP contribution in [-0.2, 0) is 14.3 Å². The summed E-state index contributed by atoms with van der Waals surface area (Å²) in [6.07, 6.45) is -0.170. The molecule has 0 unspecified atom stereocenters. The third-order valence-electron chi connectivity index (χ3n) is 3.18. The smallest absolute Gasteiger partial charge is 0.308 e. The lowest BCUT2D eigenvalue weighted by atomic mass is 10.1. The minimum Gasteiger partial charge on any atom is -0.469 e. The number of benzene rings is 1. The van der Waals surface area contributed by atoms with Crippen molar-refractivity contribution in [3.63, 3.8) is 0 Å². The second-order valence-corrected chi connectivity index (χ2v) is 4.50. The van der Waals surface area contributed by atoms with Gasteiger partial charge in [0, 0.05) is 13.1 Å². The van der Waals surface area contributed by atoms with Gasteiger partial charge < -0.3 is 14.4 Å². The number of hydrogen-bond acceptors (Lipinski definition) is 5. The Bertz CT molecular complexity index is 542. The van der Waals surface area contributed by atoms with Gasteiger partial charge >= 0.3 is 5.97 Å². The summed E-state index contributed by atoms with van der Waals surface area (Å²) in [5.41, 5.74) is 0.702. The molecular formula is C14H15FN2O3. The van der Waals surface area contributed by atoms with Crippen LogP contribution in [0.25, 0.3) is 0 Å². The molecule has 1 aromatic carbocycles. The van der Waals surface area contributed by atoms with Crippen LogP contribution in [0.5, 0.6) is 0 Å². The molecule has 1 heterocycles. The van der Waals surface area contributed by atoms with E-state index < -0.39 is 5.82 Å². The number of halogens is 1. The van der Waals surface area contributed by atoms with E-state index in [0.717, 1.165) is 0 Å². The zero-order valence-corrected chi connectivity index (χ0v) is 11.1. The molecule has 106 valence electrons. The van der Waals surface area contributed by atoms with Gasteiger partial charge in [-0.25, -0.2) is 4.39 Å². The van der Waals surface area contributed by atoms with Crippen LogP contribution < -0.4 is 4.90 Å². The van der Waals surface area contributed by atoms with E-state index >= 15 is 0 Å².